The fourth-order valence-electron chi connectivity index (χ4n) is 3.05. The molecule has 0 unspecified atom stereocenters. The third kappa shape index (κ3) is 4.21. The number of thioether (sulfide) groups is 1. The molecule has 1 aromatic heterocycles. The molecule has 0 saturated carbocycles. The van der Waals surface area contributed by atoms with Gasteiger partial charge in [-0.05, 0) is 37.5 Å². The van der Waals surface area contributed by atoms with Crippen LogP contribution < -0.4 is 0 Å². The van der Waals surface area contributed by atoms with Gasteiger partial charge in [0, 0.05) is 24.7 Å². The van der Waals surface area contributed by atoms with Gasteiger partial charge < -0.3 is 4.90 Å². The van der Waals surface area contributed by atoms with E-state index in [1.807, 2.05) is 30.9 Å². The molecule has 2 heterocycles. The second-order valence-electron chi connectivity index (χ2n) is 6.90. The Hall–Kier alpha value is -1.88. The van der Waals surface area contributed by atoms with Crippen LogP contribution in [-0.4, -0.2) is 32.6 Å². The van der Waals surface area contributed by atoms with Crippen LogP contribution in [-0.2, 0) is 17.8 Å². The minimum atomic E-state index is -0.153. The van der Waals surface area contributed by atoms with E-state index in [-0.39, 0.29) is 17.1 Å². The molecule has 0 bridgehead atoms. The van der Waals surface area contributed by atoms with Crippen LogP contribution >= 0.6 is 11.8 Å². The molecule has 25 heavy (non-hydrogen) atoms. The maximum absolute atomic E-state index is 12.9. The predicted octanol–water partition coefficient (Wildman–Crippen LogP) is 3.97. The fourth-order valence-corrected chi connectivity index (χ4v) is 4.05. The van der Waals surface area contributed by atoms with Crippen LogP contribution in [0.4, 0.5) is 0 Å². The number of amides is 1. The molecule has 0 aliphatic carbocycles. The fraction of sp³-hybridized carbons (Fsp3) is 0.450. The van der Waals surface area contributed by atoms with Gasteiger partial charge in [-0.25, -0.2) is 9.97 Å². The number of rotatable bonds is 4. The standard InChI is InChI=1S/C20H25N3OS/c1-13(2)19-21-14(3)11-18(22-19)25-15(4)20(24)23-10-9-16-7-5-6-8-17(16)12-23/h5-8,11,13,15H,9-10,12H2,1-4H3/t15-/m0/s1. The molecule has 3 rings (SSSR count). The molecule has 1 aliphatic rings. The SMILES string of the molecule is Cc1cc(S[C@@H](C)C(=O)N2CCc3ccccc3C2)nc(C(C)C)n1. The van der Waals surface area contributed by atoms with E-state index >= 15 is 0 Å². The van der Waals surface area contributed by atoms with Crippen LogP contribution in [0.5, 0.6) is 0 Å². The molecule has 4 nitrogen and oxygen atoms in total. The molecule has 5 heteroatoms. The van der Waals surface area contributed by atoms with Gasteiger partial charge in [0.2, 0.25) is 5.91 Å². The van der Waals surface area contributed by atoms with Gasteiger partial charge in [0.25, 0.3) is 0 Å². The first-order valence-electron chi connectivity index (χ1n) is 8.82. The summed E-state index contributed by atoms with van der Waals surface area (Å²) in [5.74, 6) is 1.31. The summed E-state index contributed by atoms with van der Waals surface area (Å²) in [7, 11) is 0. The van der Waals surface area contributed by atoms with E-state index in [1.54, 1.807) is 0 Å². The minimum absolute atomic E-state index is 0.153. The number of hydrogen-bond donors (Lipinski definition) is 0. The van der Waals surface area contributed by atoms with Crippen molar-refractivity contribution in [3.63, 3.8) is 0 Å². The van der Waals surface area contributed by atoms with E-state index in [0.29, 0.717) is 6.54 Å². The third-order valence-electron chi connectivity index (χ3n) is 4.45. The summed E-state index contributed by atoms with van der Waals surface area (Å²) < 4.78 is 0. The van der Waals surface area contributed by atoms with Gasteiger partial charge in [-0.15, -0.1) is 0 Å². The molecule has 1 atom stereocenters. The Morgan fingerprint density at radius 3 is 2.60 bits per heavy atom. The zero-order valence-electron chi connectivity index (χ0n) is 15.3. The highest BCUT2D eigenvalue weighted by atomic mass is 32.2. The van der Waals surface area contributed by atoms with E-state index in [1.165, 1.54) is 22.9 Å². The average molecular weight is 356 g/mol. The molecule has 0 N–H and O–H groups in total. The third-order valence-corrected chi connectivity index (χ3v) is 5.46. The zero-order valence-corrected chi connectivity index (χ0v) is 16.1. The summed E-state index contributed by atoms with van der Waals surface area (Å²) in [6.45, 7) is 9.62. The molecule has 132 valence electrons. The van der Waals surface area contributed by atoms with E-state index in [4.69, 9.17) is 0 Å². The monoisotopic (exact) mass is 355 g/mol. The highest BCUT2D eigenvalue weighted by Crippen LogP contribution is 2.27. The number of fused-ring (bicyclic) bond motifs is 1. The number of hydrogen-bond acceptors (Lipinski definition) is 4. The Bertz CT molecular complexity index is 775. The van der Waals surface area contributed by atoms with Crippen LogP contribution in [0.15, 0.2) is 35.4 Å². The number of aryl methyl sites for hydroxylation is 1. The molecule has 0 radical (unpaired) electrons. The van der Waals surface area contributed by atoms with Gasteiger partial charge in [-0.2, -0.15) is 0 Å². The van der Waals surface area contributed by atoms with Crippen LogP contribution in [0, 0.1) is 6.92 Å². The smallest absolute Gasteiger partial charge is 0.236 e. The minimum Gasteiger partial charge on any atom is -0.337 e. The zero-order chi connectivity index (χ0) is 18.0. The summed E-state index contributed by atoms with van der Waals surface area (Å²) in [6, 6.07) is 10.4. The number of benzene rings is 1. The Morgan fingerprint density at radius 2 is 1.88 bits per heavy atom. The Kier molecular flexibility index (Phi) is 5.42. The second-order valence-corrected chi connectivity index (χ2v) is 8.26. The van der Waals surface area contributed by atoms with Gasteiger partial charge >= 0.3 is 0 Å². The van der Waals surface area contributed by atoms with Crippen molar-refractivity contribution in [3.8, 4) is 0 Å². The predicted molar refractivity (Wildman–Crippen MR) is 102 cm³/mol. The van der Waals surface area contributed by atoms with Crippen LogP contribution in [0.1, 0.15) is 49.3 Å². The molecule has 1 amide bonds. The van der Waals surface area contributed by atoms with Gasteiger partial charge in [0.1, 0.15) is 10.9 Å². The first kappa shape index (κ1) is 17.9. The molecule has 0 spiro atoms. The summed E-state index contributed by atoms with van der Waals surface area (Å²) >= 11 is 1.53. The van der Waals surface area contributed by atoms with Crippen molar-refractivity contribution >= 4 is 17.7 Å². The van der Waals surface area contributed by atoms with Crippen molar-refractivity contribution in [2.24, 2.45) is 0 Å². The lowest BCUT2D eigenvalue weighted by molar-refractivity contribution is -0.131. The maximum atomic E-state index is 12.9. The van der Waals surface area contributed by atoms with Gasteiger partial charge in [-0.1, -0.05) is 49.9 Å². The van der Waals surface area contributed by atoms with E-state index in [2.05, 4.69) is 42.0 Å². The molecule has 0 fully saturated rings. The number of carbonyl (C=O) groups is 1. The lowest BCUT2D eigenvalue weighted by atomic mass is 10.00. The van der Waals surface area contributed by atoms with Crippen molar-refractivity contribution in [1.29, 1.82) is 0 Å². The highest BCUT2D eigenvalue weighted by molar-refractivity contribution is 8.00. The molecule has 2 aromatic rings. The lowest BCUT2D eigenvalue weighted by Gasteiger charge is -2.30. The quantitative estimate of drug-likeness (QED) is 0.615. The van der Waals surface area contributed by atoms with E-state index < -0.39 is 0 Å². The largest absolute Gasteiger partial charge is 0.337 e. The summed E-state index contributed by atoms with van der Waals surface area (Å²) in [5.41, 5.74) is 3.58. The van der Waals surface area contributed by atoms with E-state index in [9.17, 15) is 4.79 Å². The van der Waals surface area contributed by atoms with Crippen LogP contribution in [0.25, 0.3) is 0 Å². The van der Waals surface area contributed by atoms with Crippen LogP contribution in [0.2, 0.25) is 0 Å². The number of carbonyl (C=O) groups excluding carboxylic acids is 1. The first-order chi connectivity index (χ1) is 11.9. The van der Waals surface area contributed by atoms with Crippen LogP contribution in [0.3, 0.4) is 0 Å². The maximum Gasteiger partial charge on any atom is 0.236 e. The molecular weight excluding hydrogens is 330 g/mol. The van der Waals surface area contributed by atoms with Crippen molar-refractivity contribution in [2.75, 3.05) is 6.54 Å². The van der Waals surface area contributed by atoms with Crippen molar-refractivity contribution < 1.29 is 4.79 Å². The Morgan fingerprint density at radius 1 is 1.16 bits per heavy atom. The van der Waals surface area contributed by atoms with Gasteiger partial charge in [0.05, 0.1) is 5.25 Å². The normalized spacial score (nSPS) is 15.2. The first-order valence-corrected chi connectivity index (χ1v) is 9.70. The highest BCUT2D eigenvalue weighted by Gasteiger charge is 2.25. The molecule has 1 aliphatic heterocycles. The van der Waals surface area contributed by atoms with Crippen molar-refractivity contribution in [2.45, 2.75) is 56.9 Å². The molecular formula is C20H25N3OS. The Balaban J connectivity index is 1.69. The summed E-state index contributed by atoms with van der Waals surface area (Å²) in [6.07, 6.45) is 0.934. The second kappa shape index (κ2) is 7.56. The topological polar surface area (TPSA) is 46.1 Å². The van der Waals surface area contributed by atoms with Crippen molar-refractivity contribution in [3.05, 3.63) is 53.0 Å². The van der Waals surface area contributed by atoms with Gasteiger partial charge in [0.15, 0.2) is 0 Å². The van der Waals surface area contributed by atoms with Crippen molar-refractivity contribution in [1.82, 2.24) is 14.9 Å². The molecule has 1 aromatic carbocycles. The summed E-state index contributed by atoms with van der Waals surface area (Å²) in [4.78, 5) is 23.9. The lowest BCUT2D eigenvalue weighted by Crippen LogP contribution is -2.40. The van der Waals surface area contributed by atoms with E-state index in [0.717, 1.165) is 29.5 Å². The Labute approximate surface area is 154 Å². The number of aromatic nitrogens is 2. The number of nitrogens with zero attached hydrogens (tertiary/aromatic N) is 3. The molecule has 0 saturated heterocycles. The average Bonchev–Trinajstić information content (AvgIpc) is 2.60. The van der Waals surface area contributed by atoms with Gasteiger partial charge in [-0.3, -0.25) is 4.79 Å². The summed E-state index contributed by atoms with van der Waals surface area (Å²) in [5, 5.41) is 0.731.